The van der Waals surface area contributed by atoms with Gasteiger partial charge in [0.15, 0.2) is 0 Å². The van der Waals surface area contributed by atoms with Gasteiger partial charge in [-0.25, -0.2) is 0 Å². The van der Waals surface area contributed by atoms with Gasteiger partial charge in [-0.1, -0.05) is 18.2 Å². The quantitative estimate of drug-likeness (QED) is 0.827. The summed E-state index contributed by atoms with van der Waals surface area (Å²) in [5, 5.41) is 2.49. The van der Waals surface area contributed by atoms with Gasteiger partial charge in [-0.05, 0) is 12.1 Å². The third-order valence-electron chi connectivity index (χ3n) is 3.46. The van der Waals surface area contributed by atoms with E-state index < -0.39 is 0 Å². The van der Waals surface area contributed by atoms with Gasteiger partial charge in [0.25, 0.3) is 0 Å². The molecule has 1 aromatic carbocycles. The van der Waals surface area contributed by atoms with Crippen molar-refractivity contribution in [3.63, 3.8) is 0 Å². The first-order valence-corrected chi connectivity index (χ1v) is 7.15. The molecular formula is C15H22ClN3O3. The molecule has 1 saturated heterocycles. The van der Waals surface area contributed by atoms with Crippen LogP contribution in [0.1, 0.15) is 12.8 Å². The first kappa shape index (κ1) is 18.3. The molecule has 0 radical (unpaired) electrons. The topological polar surface area (TPSA) is 84.7 Å². The molecule has 1 aliphatic rings. The Kier molecular flexibility index (Phi) is 7.70. The van der Waals surface area contributed by atoms with E-state index in [-0.39, 0.29) is 43.4 Å². The lowest BCUT2D eigenvalue weighted by Gasteiger charge is -2.32. The number of carbonyl (C=O) groups is 2. The van der Waals surface area contributed by atoms with Gasteiger partial charge in [0.1, 0.15) is 11.9 Å². The summed E-state index contributed by atoms with van der Waals surface area (Å²) in [6, 6.07) is 9.69. The summed E-state index contributed by atoms with van der Waals surface area (Å²) < 4.78 is 5.87. The predicted octanol–water partition coefficient (Wildman–Crippen LogP) is 0.553. The maximum Gasteiger partial charge on any atom is 0.241 e. The number of hydrogen-bond donors (Lipinski definition) is 2. The maximum atomic E-state index is 11.9. The van der Waals surface area contributed by atoms with Crippen LogP contribution in [0.15, 0.2) is 30.3 Å². The second kappa shape index (κ2) is 9.27. The van der Waals surface area contributed by atoms with E-state index in [1.165, 1.54) is 0 Å². The number of nitrogens with two attached hydrogens (primary N) is 1. The smallest absolute Gasteiger partial charge is 0.241 e. The van der Waals surface area contributed by atoms with Gasteiger partial charge in [0.2, 0.25) is 11.8 Å². The Bertz CT molecular complexity index is 476. The lowest BCUT2D eigenvalue weighted by atomic mass is 10.1. The van der Waals surface area contributed by atoms with Crippen LogP contribution in [0.2, 0.25) is 0 Å². The van der Waals surface area contributed by atoms with E-state index in [1.54, 1.807) is 4.90 Å². The second-order valence-electron chi connectivity index (χ2n) is 4.99. The minimum atomic E-state index is -0.314. The molecule has 122 valence electrons. The number of carbonyl (C=O) groups excluding carboxylic acids is 2. The van der Waals surface area contributed by atoms with Crippen molar-refractivity contribution in [1.29, 1.82) is 0 Å². The molecule has 1 aliphatic heterocycles. The summed E-state index contributed by atoms with van der Waals surface area (Å²) >= 11 is 0. The number of para-hydroxylation sites is 1. The van der Waals surface area contributed by atoms with Crippen LogP contribution in [0.25, 0.3) is 0 Å². The third kappa shape index (κ3) is 5.54. The molecule has 1 heterocycles. The van der Waals surface area contributed by atoms with Crippen LogP contribution in [-0.4, -0.2) is 49.0 Å². The van der Waals surface area contributed by atoms with Gasteiger partial charge in [0, 0.05) is 25.9 Å². The van der Waals surface area contributed by atoms with E-state index in [0.29, 0.717) is 13.1 Å². The Morgan fingerprint density at radius 1 is 1.23 bits per heavy atom. The Hall–Kier alpha value is -1.79. The van der Waals surface area contributed by atoms with Crippen LogP contribution in [0.5, 0.6) is 5.75 Å². The maximum absolute atomic E-state index is 11.9. The number of piperidine rings is 1. The molecule has 0 bridgehead atoms. The molecular weight excluding hydrogens is 306 g/mol. The van der Waals surface area contributed by atoms with Crippen molar-refractivity contribution in [2.75, 3.05) is 26.2 Å². The zero-order valence-corrected chi connectivity index (χ0v) is 13.2. The average Bonchev–Trinajstić information content (AvgIpc) is 2.54. The van der Waals surface area contributed by atoms with Gasteiger partial charge in [-0.15, -0.1) is 12.4 Å². The van der Waals surface area contributed by atoms with E-state index in [1.807, 2.05) is 30.3 Å². The number of amides is 2. The molecule has 0 saturated carbocycles. The van der Waals surface area contributed by atoms with Crippen LogP contribution in [0, 0.1) is 0 Å². The molecule has 3 N–H and O–H groups in total. The molecule has 22 heavy (non-hydrogen) atoms. The van der Waals surface area contributed by atoms with Gasteiger partial charge < -0.3 is 20.7 Å². The lowest BCUT2D eigenvalue weighted by Crippen LogP contribution is -2.46. The molecule has 0 spiro atoms. The Morgan fingerprint density at radius 2 is 1.86 bits per heavy atom. The zero-order valence-electron chi connectivity index (χ0n) is 12.4. The zero-order chi connectivity index (χ0) is 15.1. The first-order chi connectivity index (χ1) is 10.2. The summed E-state index contributed by atoms with van der Waals surface area (Å²) in [5.74, 6) is 0.470. The van der Waals surface area contributed by atoms with Crippen molar-refractivity contribution in [3.05, 3.63) is 30.3 Å². The second-order valence-corrected chi connectivity index (χ2v) is 4.99. The van der Waals surface area contributed by atoms with Crippen molar-refractivity contribution in [2.24, 2.45) is 5.73 Å². The van der Waals surface area contributed by atoms with Crippen LogP contribution in [-0.2, 0) is 9.59 Å². The van der Waals surface area contributed by atoms with E-state index in [2.05, 4.69) is 5.32 Å². The molecule has 2 rings (SSSR count). The highest BCUT2D eigenvalue weighted by molar-refractivity contribution is 5.85. The minimum absolute atomic E-state index is 0. The van der Waals surface area contributed by atoms with Crippen molar-refractivity contribution >= 4 is 24.2 Å². The normalized spacial score (nSPS) is 14.9. The standard InChI is InChI=1S/C15H21N3O3.ClH/c16-10-14(19)17-11-15(20)18-8-6-13(7-9-18)21-12-4-2-1-3-5-12;/h1-5,13H,6-11,16H2,(H,17,19);1H. The van der Waals surface area contributed by atoms with Crippen LogP contribution >= 0.6 is 12.4 Å². The largest absolute Gasteiger partial charge is 0.490 e. The van der Waals surface area contributed by atoms with Crippen molar-refractivity contribution in [2.45, 2.75) is 18.9 Å². The number of nitrogens with zero attached hydrogens (tertiary/aromatic N) is 1. The summed E-state index contributed by atoms with van der Waals surface area (Å²) in [6.07, 6.45) is 1.73. The summed E-state index contributed by atoms with van der Waals surface area (Å²) in [6.45, 7) is 1.21. The van der Waals surface area contributed by atoms with Gasteiger partial charge >= 0.3 is 0 Å². The summed E-state index contributed by atoms with van der Waals surface area (Å²) in [5.41, 5.74) is 5.17. The highest BCUT2D eigenvalue weighted by Crippen LogP contribution is 2.18. The number of nitrogens with one attached hydrogen (secondary N) is 1. The SMILES string of the molecule is Cl.NCC(=O)NCC(=O)N1CCC(Oc2ccccc2)CC1. The molecule has 0 aromatic heterocycles. The van der Waals surface area contributed by atoms with Gasteiger partial charge in [-0.2, -0.15) is 0 Å². The number of rotatable bonds is 5. The fourth-order valence-corrected chi connectivity index (χ4v) is 2.27. The number of hydrogen-bond acceptors (Lipinski definition) is 4. The number of benzene rings is 1. The Morgan fingerprint density at radius 3 is 2.45 bits per heavy atom. The van der Waals surface area contributed by atoms with E-state index in [0.717, 1.165) is 18.6 Å². The fourth-order valence-electron chi connectivity index (χ4n) is 2.27. The minimum Gasteiger partial charge on any atom is -0.490 e. The fraction of sp³-hybridized carbons (Fsp3) is 0.467. The highest BCUT2D eigenvalue weighted by atomic mass is 35.5. The molecule has 1 aromatic rings. The Balaban J connectivity index is 0.00000242. The van der Waals surface area contributed by atoms with Crippen molar-refractivity contribution in [3.8, 4) is 5.75 Å². The molecule has 0 unspecified atom stereocenters. The van der Waals surface area contributed by atoms with E-state index in [9.17, 15) is 9.59 Å². The van der Waals surface area contributed by atoms with Crippen LogP contribution in [0.4, 0.5) is 0 Å². The number of halogens is 1. The highest BCUT2D eigenvalue weighted by Gasteiger charge is 2.23. The third-order valence-corrected chi connectivity index (χ3v) is 3.46. The van der Waals surface area contributed by atoms with E-state index >= 15 is 0 Å². The average molecular weight is 328 g/mol. The lowest BCUT2D eigenvalue weighted by molar-refractivity contribution is -0.134. The number of ether oxygens (including phenoxy) is 1. The molecule has 6 nitrogen and oxygen atoms in total. The molecule has 0 aliphatic carbocycles. The summed E-state index contributed by atoms with van der Waals surface area (Å²) in [7, 11) is 0. The predicted molar refractivity (Wildman–Crippen MR) is 86.0 cm³/mol. The monoisotopic (exact) mass is 327 g/mol. The molecule has 7 heteroatoms. The Labute approximate surface area is 136 Å². The van der Waals surface area contributed by atoms with Gasteiger partial charge in [0.05, 0.1) is 13.1 Å². The molecule has 2 amide bonds. The van der Waals surface area contributed by atoms with E-state index in [4.69, 9.17) is 10.5 Å². The molecule has 0 atom stereocenters. The van der Waals surface area contributed by atoms with Crippen LogP contribution < -0.4 is 15.8 Å². The van der Waals surface area contributed by atoms with Gasteiger partial charge in [-0.3, -0.25) is 9.59 Å². The first-order valence-electron chi connectivity index (χ1n) is 7.15. The van der Waals surface area contributed by atoms with Crippen molar-refractivity contribution in [1.82, 2.24) is 10.2 Å². The van der Waals surface area contributed by atoms with Crippen LogP contribution in [0.3, 0.4) is 0 Å². The van der Waals surface area contributed by atoms with Crippen molar-refractivity contribution < 1.29 is 14.3 Å². The summed E-state index contributed by atoms with van der Waals surface area (Å²) in [4.78, 5) is 24.7. The number of likely N-dealkylation sites (tertiary alicyclic amines) is 1. The molecule has 1 fully saturated rings.